The van der Waals surface area contributed by atoms with E-state index in [-0.39, 0.29) is 11.9 Å². The van der Waals surface area contributed by atoms with Gasteiger partial charge >= 0.3 is 0 Å². The predicted octanol–water partition coefficient (Wildman–Crippen LogP) is 7.60. The van der Waals surface area contributed by atoms with Crippen LogP contribution in [-0.4, -0.2) is 41.5 Å². The van der Waals surface area contributed by atoms with Gasteiger partial charge in [0.1, 0.15) is 30.0 Å². The highest BCUT2D eigenvalue weighted by Crippen LogP contribution is 2.50. The lowest BCUT2D eigenvalue weighted by Crippen LogP contribution is -2.33. The number of rotatable bonds is 6. The fraction of sp³-hybridized carbons (Fsp3) is 0.600. The van der Waals surface area contributed by atoms with Gasteiger partial charge < -0.3 is 14.6 Å². The molecule has 1 N–H and O–H groups in total. The maximum atomic E-state index is 10.1. The Balaban J connectivity index is 1.29. The zero-order valence-corrected chi connectivity index (χ0v) is 21.8. The van der Waals surface area contributed by atoms with Gasteiger partial charge in [0.05, 0.1) is 10.1 Å². The van der Waals surface area contributed by atoms with Crippen molar-refractivity contribution in [3.63, 3.8) is 0 Å². The third kappa shape index (κ3) is 6.68. The minimum atomic E-state index is -0.0116. The van der Waals surface area contributed by atoms with E-state index in [1.807, 2.05) is 17.8 Å². The Kier molecular flexibility index (Phi) is 8.80. The van der Waals surface area contributed by atoms with E-state index in [1.54, 1.807) is 12.1 Å². The molecule has 0 spiro atoms. The summed E-state index contributed by atoms with van der Waals surface area (Å²) in [7, 11) is 0. The highest BCUT2D eigenvalue weighted by atomic mass is 32.2. The number of phenols is 1. The van der Waals surface area contributed by atoms with Gasteiger partial charge in [0.15, 0.2) is 0 Å². The largest absolute Gasteiger partial charge is 0.508 e. The van der Waals surface area contributed by atoms with Crippen LogP contribution in [0.3, 0.4) is 0 Å². The molecule has 5 heteroatoms. The molecule has 0 amide bonds. The molecule has 0 unspecified atom stereocenters. The molecule has 3 aliphatic rings. The molecule has 2 aromatic rings. The summed E-state index contributed by atoms with van der Waals surface area (Å²) in [5, 5.41) is 10.4. The third-order valence-corrected chi connectivity index (χ3v) is 9.44. The zero-order valence-electron chi connectivity index (χ0n) is 21.0. The molecule has 35 heavy (non-hydrogen) atoms. The number of benzene rings is 2. The molecule has 2 aromatic carbocycles. The van der Waals surface area contributed by atoms with Gasteiger partial charge in [0, 0.05) is 12.6 Å². The quantitative estimate of drug-likeness (QED) is 0.447. The van der Waals surface area contributed by atoms with Gasteiger partial charge in [-0.1, -0.05) is 57.1 Å². The summed E-state index contributed by atoms with van der Waals surface area (Å²) in [5.41, 5.74) is 1.21. The summed E-state index contributed by atoms with van der Waals surface area (Å²) < 4.78 is 12.7. The Bertz CT molecular complexity index is 918. The van der Waals surface area contributed by atoms with Crippen LogP contribution in [0.4, 0.5) is 0 Å². The lowest BCUT2D eigenvalue weighted by Gasteiger charge is -2.38. The number of nitrogens with zero attached hydrogens (tertiary/aromatic N) is 1. The number of thioether (sulfide) groups is 1. The normalized spacial score (nSPS) is 24.5. The van der Waals surface area contributed by atoms with Gasteiger partial charge in [0.25, 0.3) is 0 Å². The van der Waals surface area contributed by atoms with Gasteiger partial charge in [-0.15, -0.1) is 11.8 Å². The van der Waals surface area contributed by atoms with Crippen molar-refractivity contribution in [2.24, 2.45) is 5.92 Å². The average molecular weight is 496 g/mol. The topological polar surface area (TPSA) is 41.9 Å². The minimum absolute atomic E-state index is 0.0116. The molecule has 0 radical (unpaired) electrons. The van der Waals surface area contributed by atoms with E-state index >= 15 is 0 Å². The van der Waals surface area contributed by atoms with Gasteiger partial charge in [0.2, 0.25) is 0 Å². The number of aromatic hydroxyl groups is 1. The van der Waals surface area contributed by atoms with E-state index in [2.05, 4.69) is 29.2 Å². The number of piperidine rings is 1. The van der Waals surface area contributed by atoms with Gasteiger partial charge in [-0.3, -0.25) is 4.90 Å². The number of phenolic OH excluding ortho intramolecular Hbond substituents is 1. The molecule has 2 aliphatic heterocycles. The van der Waals surface area contributed by atoms with Crippen molar-refractivity contribution in [3.8, 4) is 17.2 Å². The number of ether oxygens (including phenoxy) is 2. The van der Waals surface area contributed by atoms with Crippen molar-refractivity contribution in [1.29, 1.82) is 0 Å². The van der Waals surface area contributed by atoms with E-state index in [1.165, 1.54) is 89.3 Å². The lowest BCUT2D eigenvalue weighted by atomic mass is 9.88. The molecule has 1 saturated heterocycles. The summed E-state index contributed by atoms with van der Waals surface area (Å²) >= 11 is 1.96. The molecule has 2 atom stereocenters. The molecular weight excluding hydrogens is 454 g/mol. The van der Waals surface area contributed by atoms with Crippen LogP contribution < -0.4 is 9.47 Å². The van der Waals surface area contributed by atoms with Crippen molar-refractivity contribution < 1.29 is 14.6 Å². The summed E-state index contributed by atoms with van der Waals surface area (Å²) in [4.78, 5) is 3.67. The van der Waals surface area contributed by atoms with Crippen LogP contribution in [0.1, 0.15) is 82.3 Å². The Morgan fingerprint density at radius 2 is 1.54 bits per heavy atom. The molecule has 2 fully saturated rings. The Morgan fingerprint density at radius 1 is 0.857 bits per heavy atom. The molecule has 2 heterocycles. The smallest absolute Gasteiger partial charge is 0.137 e. The lowest BCUT2D eigenvalue weighted by molar-refractivity contribution is 0.158. The first-order valence-electron chi connectivity index (χ1n) is 13.9. The van der Waals surface area contributed by atoms with E-state index in [4.69, 9.17) is 9.47 Å². The van der Waals surface area contributed by atoms with Crippen molar-refractivity contribution in [2.45, 2.75) is 86.9 Å². The van der Waals surface area contributed by atoms with Gasteiger partial charge in [-0.25, -0.2) is 0 Å². The molecule has 1 aliphatic carbocycles. The summed E-state index contributed by atoms with van der Waals surface area (Å²) in [6.45, 7) is 4.16. The fourth-order valence-electron chi connectivity index (χ4n) is 5.92. The van der Waals surface area contributed by atoms with Crippen LogP contribution >= 0.6 is 11.8 Å². The van der Waals surface area contributed by atoms with E-state index < -0.39 is 0 Å². The van der Waals surface area contributed by atoms with Gasteiger partial charge in [-0.05, 0) is 74.5 Å². The second kappa shape index (κ2) is 12.4. The monoisotopic (exact) mass is 495 g/mol. The minimum Gasteiger partial charge on any atom is -0.508 e. The zero-order chi connectivity index (χ0) is 23.9. The predicted molar refractivity (Wildman–Crippen MR) is 144 cm³/mol. The Hall–Kier alpha value is -1.85. The maximum absolute atomic E-state index is 10.1. The first-order valence-corrected chi connectivity index (χ1v) is 14.8. The van der Waals surface area contributed by atoms with Crippen LogP contribution in [0.25, 0.3) is 0 Å². The molecule has 0 bridgehead atoms. The van der Waals surface area contributed by atoms with Crippen LogP contribution in [0.5, 0.6) is 17.2 Å². The number of hydrogen-bond donors (Lipinski definition) is 1. The van der Waals surface area contributed by atoms with Gasteiger partial charge in [-0.2, -0.15) is 0 Å². The highest BCUT2D eigenvalue weighted by molar-refractivity contribution is 8.00. The molecular formula is C30H41NO3S. The first-order chi connectivity index (χ1) is 17.3. The van der Waals surface area contributed by atoms with E-state index in [0.29, 0.717) is 11.2 Å². The van der Waals surface area contributed by atoms with Crippen molar-refractivity contribution in [1.82, 2.24) is 4.90 Å². The molecule has 190 valence electrons. The summed E-state index contributed by atoms with van der Waals surface area (Å²) in [5.74, 6) is 2.65. The van der Waals surface area contributed by atoms with Crippen LogP contribution in [-0.2, 0) is 0 Å². The summed E-state index contributed by atoms with van der Waals surface area (Å²) in [6.07, 6.45) is 14.7. The Labute approximate surface area is 215 Å². The summed E-state index contributed by atoms with van der Waals surface area (Å²) in [6, 6.07) is 14.2. The van der Waals surface area contributed by atoms with Crippen molar-refractivity contribution in [2.75, 3.05) is 26.2 Å². The second-order valence-electron chi connectivity index (χ2n) is 10.5. The molecule has 4 nitrogen and oxygen atoms in total. The number of hydrogen-bond acceptors (Lipinski definition) is 5. The molecule has 5 rings (SSSR count). The van der Waals surface area contributed by atoms with Crippen molar-refractivity contribution >= 4 is 11.8 Å². The second-order valence-corrected chi connectivity index (χ2v) is 11.8. The number of likely N-dealkylation sites (tertiary alicyclic amines) is 1. The maximum Gasteiger partial charge on any atom is 0.137 e. The fourth-order valence-corrected chi connectivity index (χ4v) is 7.39. The highest BCUT2D eigenvalue weighted by Gasteiger charge is 2.37. The van der Waals surface area contributed by atoms with E-state index in [9.17, 15) is 5.11 Å². The molecule has 0 aromatic heterocycles. The third-order valence-electron chi connectivity index (χ3n) is 7.94. The first kappa shape index (κ1) is 24.8. The average Bonchev–Trinajstić information content (AvgIpc) is 3.03. The standard InChI is InChI=1S/C30H41NO3S/c32-25-14-17-28-27(22-25)34-29(30(35-28)24-10-6-3-1-2-4-7-11-24)23-12-15-26(16-13-23)33-21-20-31-18-8-5-9-19-31/h12-17,22,24,29-30,32H,1-11,18-21H2/t29-,30-/m0/s1. The van der Waals surface area contributed by atoms with Crippen LogP contribution in [0.15, 0.2) is 47.4 Å². The van der Waals surface area contributed by atoms with Crippen molar-refractivity contribution in [3.05, 3.63) is 48.0 Å². The molecule has 1 saturated carbocycles. The van der Waals surface area contributed by atoms with Crippen LogP contribution in [0.2, 0.25) is 0 Å². The SMILES string of the molecule is Oc1ccc2c(c1)O[C@@H](c1ccc(OCCN3CCCCC3)cc1)[C@H](C1CCCCCCCC1)S2. The van der Waals surface area contributed by atoms with Crippen LogP contribution in [0, 0.1) is 5.92 Å². The Morgan fingerprint density at radius 3 is 2.29 bits per heavy atom. The number of fused-ring (bicyclic) bond motifs is 1. The van der Waals surface area contributed by atoms with E-state index in [0.717, 1.165) is 29.5 Å².